The first-order valence-electron chi connectivity index (χ1n) is 6.44. The van der Waals surface area contributed by atoms with Crippen LogP contribution in [-0.4, -0.2) is 20.6 Å². The number of nitrogens with zero attached hydrogens (tertiary/aromatic N) is 3. The number of aryl methyl sites for hydroxylation is 2. The van der Waals surface area contributed by atoms with Gasteiger partial charge in [-0.2, -0.15) is 5.10 Å². The summed E-state index contributed by atoms with van der Waals surface area (Å²) in [5, 5.41) is 18.7. The summed E-state index contributed by atoms with van der Waals surface area (Å²) in [5.74, 6) is -0.291. The zero-order chi connectivity index (χ0) is 15.9. The SMILES string of the molecule is Cc1nn(C)c2sc(C(=O)Nc3cccc([N+](=O)[O-])c3)cc12. The van der Waals surface area contributed by atoms with Crippen molar-refractivity contribution in [1.29, 1.82) is 0 Å². The molecule has 0 saturated carbocycles. The molecule has 2 heterocycles. The number of hydrogen-bond acceptors (Lipinski definition) is 5. The molecule has 0 aliphatic carbocycles. The zero-order valence-corrected chi connectivity index (χ0v) is 12.7. The highest BCUT2D eigenvalue weighted by Crippen LogP contribution is 2.28. The molecule has 0 fully saturated rings. The van der Waals surface area contributed by atoms with Crippen LogP contribution < -0.4 is 5.32 Å². The molecule has 3 rings (SSSR count). The van der Waals surface area contributed by atoms with E-state index in [0.29, 0.717) is 10.6 Å². The molecule has 2 aromatic heterocycles. The van der Waals surface area contributed by atoms with Crippen molar-refractivity contribution in [3.63, 3.8) is 0 Å². The van der Waals surface area contributed by atoms with E-state index in [2.05, 4.69) is 10.4 Å². The van der Waals surface area contributed by atoms with Crippen molar-refractivity contribution >= 4 is 38.8 Å². The second kappa shape index (κ2) is 5.23. The highest BCUT2D eigenvalue weighted by molar-refractivity contribution is 7.20. The lowest BCUT2D eigenvalue weighted by Crippen LogP contribution is -2.10. The Morgan fingerprint density at radius 1 is 1.41 bits per heavy atom. The van der Waals surface area contributed by atoms with Gasteiger partial charge in [0.1, 0.15) is 4.83 Å². The number of aromatic nitrogens is 2. The fraction of sp³-hybridized carbons (Fsp3) is 0.143. The summed E-state index contributed by atoms with van der Waals surface area (Å²) in [6.45, 7) is 1.89. The minimum atomic E-state index is -0.496. The van der Waals surface area contributed by atoms with E-state index in [9.17, 15) is 14.9 Å². The third-order valence-corrected chi connectivity index (χ3v) is 4.44. The maximum atomic E-state index is 12.3. The van der Waals surface area contributed by atoms with Gasteiger partial charge >= 0.3 is 0 Å². The first-order valence-corrected chi connectivity index (χ1v) is 7.26. The Hall–Kier alpha value is -2.74. The summed E-state index contributed by atoms with van der Waals surface area (Å²) >= 11 is 1.34. The number of carbonyl (C=O) groups excluding carboxylic acids is 1. The lowest BCUT2D eigenvalue weighted by atomic mass is 10.2. The number of nitro benzene ring substituents is 1. The second-order valence-electron chi connectivity index (χ2n) is 4.80. The highest BCUT2D eigenvalue weighted by atomic mass is 32.1. The number of hydrogen-bond donors (Lipinski definition) is 1. The number of nitro groups is 1. The zero-order valence-electron chi connectivity index (χ0n) is 11.9. The number of benzene rings is 1. The fourth-order valence-corrected chi connectivity index (χ4v) is 3.23. The molecule has 0 spiro atoms. The van der Waals surface area contributed by atoms with Crippen molar-refractivity contribution in [2.45, 2.75) is 6.92 Å². The van der Waals surface area contributed by atoms with Gasteiger partial charge in [0, 0.05) is 30.3 Å². The van der Waals surface area contributed by atoms with Crippen LogP contribution in [0.15, 0.2) is 30.3 Å². The molecule has 1 amide bonds. The van der Waals surface area contributed by atoms with E-state index in [-0.39, 0.29) is 11.6 Å². The Balaban J connectivity index is 1.88. The van der Waals surface area contributed by atoms with Crippen molar-refractivity contribution in [2.24, 2.45) is 7.05 Å². The second-order valence-corrected chi connectivity index (χ2v) is 5.83. The summed E-state index contributed by atoms with van der Waals surface area (Å²) in [6.07, 6.45) is 0. The van der Waals surface area contributed by atoms with Crippen molar-refractivity contribution in [1.82, 2.24) is 9.78 Å². The topological polar surface area (TPSA) is 90.1 Å². The molecule has 8 heteroatoms. The van der Waals surface area contributed by atoms with Gasteiger partial charge in [0.05, 0.1) is 15.5 Å². The number of thiophene rings is 1. The molecular weight excluding hydrogens is 304 g/mol. The average molecular weight is 316 g/mol. The van der Waals surface area contributed by atoms with Crippen LogP contribution in [0.2, 0.25) is 0 Å². The Kier molecular flexibility index (Phi) is 3.38. The number of non-ortho nitro benzene ring substituents is 1. The van der Waals surface area contributed by atoms with E-state index in [1.54, 1.807) is 16.8 Å². The van der Waals surface area contributed by atoms with Gasteiger partial charge in [-0.3, -0.25) is 19.6 Å². The number of anilines is 1. The fourth-order valence-electron chi connectivity index (χ4n) is 2.21. The Morgan fingerprint density at radius 3 is 2.86 bits per heavy atom. The van der Waals surface area contributed by atoms with E-state index in [1.807, 2.05) is 14.0 Å². The van der Waals surface area contributed by atoms with Gasteiger partial charge in [0.15, 0.2) is 0 Å². The van der Waals surface area contributed by atoms with Crippen molar-refractivity contribution < 1.29 is 9.72 Å². The number of nitrogens with one attached hydrogen (secondary N) is 1. The average Bonchev–Trinajstić information content (AvgIpc) is 3.02. The first kappa shape index (κ1) is 14.2. The summed E-state index contributed by atoms with van der Waals surface area (Å²) < 4.78 is 1.74. The van der Waals surface area contributed by atoms with E-state index in [1.165, 1.54) is 29.5 Å². The maximum absolute atomic E-state index is 12.3. The molecule has 0 atom stereocenters. The normalized spacial score (nSPS) is 10.8. The lowest BCUT2D eigenvalue weighted by molar-refractivity contribution is -0.384. The Bertz CT molecular complexity index is 862. The van der Waals surface area contributed by atoms with Crippen molar-refractivity contribution in [3.05, 3.63) is 51.0 Å². The molecule has 3 aromatic rings. The van der Waals surface area contributed by atoms with Gasteiger partial charge < -0.3 is 5.32 Å². The number of fused-ring (bicyclic) bond motifs is 1. The first-order chi connectivity index (χ1) is 10.5. The van der Waals surface area contributed by atoms with Gasteiger partial charge in [-0.05, 0) is 19.1 Å². The minimum absolute atomic E-state index is 0.0609. The molecule has 112 valence electrons. The summed E-state index contributed by atoms with van der Waals surface area (Å²) in [7, 11) is 1.83. The van der Waals surface area contributed by atoms with Crippen LogP contribution in [0.1, 0.15) is 15.4 Å². The van der Waals surface area contributed by atoms with Gasteiger partial charge in [0.2, 0.25) is 0 Å². The largest absolute Gasteiger partial charge is 0.321 e. The maximum Gasteiger partial charge on any atom is 0.271 e. The van der Waals surface area contributed by atoms with Crippen molar-refractivity contribution in [2.75, 3.05) is 5.32 Å². The van der Waals surface area contributed by atoms with Crippen LogP contribution in [0.4, 0.5) is 11.4 Å². The molecule has 0 aliphatic heterocycles. The summed E-state index contributed by atoms with van der Waals surface area (Å²) in [4.78, 5) is 24.0. The lowest BCUT2D eigenvalue weighted by Gasteiger charge is -2.03. The molecule has 0 bridgehead atoms. The van der Waals surface area contributed by atoms with Crippen LogP contribution in [0.3, 0.4) is 0 Å². The van der Waals surface area contributed by atoms with Gasteiger partial charge in [-0.1, -0.05) is 6.07 Å². The molecule has 0 aliphatic rings. The molecule has 0 saturated heterocycles. The number of rotatable bonds is 3. The summed E-state index contributed by atoms with van der Waals surface area (Å²) in [5.41, 5.74) is 1.20. The van der Waals surface area contributed by atoms with Gasteiger partial charge in [-0.25, -0.2) is 0 Å². The van der Waals surface area contributed by atoms with Crippen LogP contribution in [-0.2, 0) is 7.05 Å². The van der Waals surface area contributed by atoms with E-state index in [0.717, 1.165) is 15.9 Å². The standard InChI is InChI=1S/C14H12N4O3S/c1-8-11-7-12(22-14(11)17(2)16-8)13(19)15-9-4-3-5-10(6-9)18(20)21/h3-7H,1-2H3,(H,15,19). The predicted octanol–water partition coefficient (Wildman–Crippen LogP) is 3.10. The van der Waals surface area contributed by atoms with E-state index >= 15 is 0 Å². The number of carbonyl (C=O) groups is 1. The summed E-state index contributed by atoms with van der Waals surface area (Å²) in [6, 6.07) is 7.65. The van der Waals surface area contributed by atoms with E-state index in [4.69, 9.17) is 0 Å². The predicted molar refractivity (Wildman–Crippen MR) is 84.4 cm³/mol. The smallest absolute Gasteiger partial charge is 0.271 e. The highest BCUT2D eigenvalue weighted by Gasteiger charge is 2.16. The van der Waals surface area contributed by atoms with Crippen LogP contribution >= 0.6 is 11.3 Å². The monoisotopic (exact) mass is 316 g/mol. The number of amides is 1. The van der Waals surface area contributed by atoms with Crippen LogP contribution in [0, 0.1) is 17.0 Å². The molecule has 0 unspecified atom stereocenters. The molecule has 7 nitrogen and oxygen atoms in total. The van der Waals surface area contributed by atoms with Gasteiger partial charge in [0.25, 0.3) is 11.6 Å². The third-order valence-electron chi connectivity index (χ3n) is 3.23. The minimum Gasteiger partial charge on any atom is -0.321 e. The quantitative estimate of drug-likeness (QED) is 0.594. The van der Waals surface area contributed by atoms with Crippen LogP contribution in [0.5, 0.6) is 0 Å². The van der Waals surface area contributed by atoms with Gasteiger partial charge in [-0.15, -0.1) is 11.3 Å². The molecule has 1 N–H and O–H groups in total. The van der Waals surface area contributed by atoms with E-state index < -0.39 is 4.92 Å². The molecule has 1 aromatic carbocycles. The molecule has 22 heavy (non-hydrogen) atoms. The van der Waals surface area contributed by atoms with Crippen molar-refractivity contribution in [3.8, 4) is 0 Å². The molecular formula is C14H12N4O3S. The Morgan fingerprint density at radius 2 is 2.18 bits per heavy atom. The third kappa shape index (κ3) is 2.44. The Labute approximate surface area is 129 Å². The van der Waals surface area contributed by atoms with Crippen LogP contribution in [0.25, 0.3) is 10.2 Å². The molecule has 0 radical (unpaired) electrons.